The lowest BCUT2D eigenvalue weighted by atomic mass is 9.97. The van der Waals surface area contributed by atoms with Crippen LogP contribution in [-0.4, -0.2) is 61.4 Å². The number of benzene rings is 1. The molecule has 0 aromatic heterocycles. The second-order valence-electron chi connectivity index (χ2n) is 8.29. The van der Waals surface area contributed by atoms with E-state index in [2.05, 4.69) is 4.90 Å². The van der Waals surface area contributed by atoms with Gasteiger partial charge in [-0.3, -0.25) is 4.90 Å². The fourth-order valence-electron chi connectivity index (χ4n) is 3.43. The van der Waals surface area contributed by atoms with Crippen molar-refractivity contribution in [1.82, 2.24) is 9.80 Å². The predicted molar refractivity (Wildman–Crippen MR) is 104 cm³/mol. The zero-order chi connectivity index (χ0) is 19.9. The van der Waals surface area contributed by atoms with Gasteiger partial charge in [-0.2, -0.15) is 0 Å². The largest absolute Gasteiger partial charge is 0.444 e. The number of methoxy groups -OCH3 is 1. The molecule has 0 radical (unpaired) electrons. The summed E-state index contributed by atoms with van der Waals surface area (Å²) in [5.74, 6) is 0.174. The smallest absolute Gasteiger partial charge is 0.410 e. The maximum atomic E-state index is 13.4. The third kappa shape index (κ3) is 7.85. The summed E-state index contributed by atoms with van der Waals surface area (Å²) in [6, 6.07) is 6.77. The molecule has 1 aliphatic rings. The van der Waals surface area contributed by atoms with Crippen LogP contribution in [0.4, 0.5) is 9.18 Å². The van der Waals surface area contributed by atoms with Gasteiger partial charge in [-0.1, -0.05) is 12.1 Å². The third-order valence-corrected chi connectivity index (χ3v) is 4.59. The monoisotopic (exact) mass is 380 g/mol. The normalized spacial score (nSPS) is 18.3. The number of halogens is 1. The SMILES string of the molecule is COCCN(CC1CCCN(Cc2cccc(F)c2)C1)C(=O)OC(C)(C)C. The first kappa shape index (κ1) is 21.6. The number of likely N-dealkylation sites (tertiary alicyclic amines) is 1. The maximum Gasteiger partial charge on any atom is 0.410 e. The van der Waals surface area contributed by atoms with Crippen LogP contribution in [0.25, 0.3) is 0 Å². The van der Waals surface area contributed by atoms with E-state index in [1.807, 2.05) is 26.8 Å². The van der Waals surface area contributed by atoms with Gasteiger partial charge >= 0.3 is 6.09 Å². The molecule has 1 fully saturated rings. The summed E-state index contributed by atoms with van der Waals surface area (Å²) in [6.07, 6.45) is 1.86. The first-order valence-electron chi connectivity index (χ1n) is 9.70. The number of carbonyl (C=O) groups excluding carboxylic acids is 1. The molecule has 1 aliphatic heterocycles. The molecule has 1 aromatic carbocycles. The molecule has 0 aliphatic carbocycles. The Labute approximate surface area is 162 Å². The molecule has 5 nitrogen and oxygen atoms in total. The van der Waals surface area contributed by atoms with Gasteiger partial charge in [-0.25, -0.2) is 9.18 Å². The van der Waals surface area contributed by atoms with E-state index in [0.29, 0.717) is 25.6 Å². The van der Waals surface area contributed by atoms with E-state index in [1.165, 1.54) is 6.07 Å². The van der Waals surface area contributed by atoms with Gasteiger partial charge in [0.25, 0.3) is 0 Å². The summed E-state index contributed by atoms with van der Waals surface area (Å²) in [5.41, 5.74) is 0.470. The molecule has 1 unspecified atom stereocenters. The van der Waals surface area contributed by atoms with Crippen LogP contribution < -0.4 is 0 Å². The van der Waals surface area contributed by atoms with Gasteiger partial charge in [0.1, 0.15) is 11.4 Å². The lowest BCUT2D eigenvalue weighted by Crippen LogP contribution is -2.45. The summed E-state index contributed by atoms with van der Waals surface area (Å²) in [5, 5.41) is 0. The number of hydrogen-bond acceptors (Lipinski definition) is 4. The van der Waals surface area contributed by atoms with Crippen LogP contribution >= 0.6 is 0 Å². The van der Waals surface area contributed by atoms with E-state index >= 15 is 0 Å². The minimum Gasteiger partial charge on any atom is -0.444 e. The molecule has 0 spiro atoms. The summed E-state index contributed by atoms with van der Waals surface area (Å²) in [6.45, 7) is 9.91. The minimum absolute atomic E-state index is 0.197. The number of carbonyl (C=O) groups is 1. The summed E-state index contributed by atoms with van der Waals surface area (Å²) >= 11 is 0. The van der Waals surface area contributed by atoms with Crippen molar-refractivity contribution >= 4 is 6.09 Å². The Morgan fingerprint density at radius 3 is 2.81 bits per heavy atom. The van der Waals surface area contributed by atoms with Gasteiger partial charge < -0.3 is 14.4 Å². The lowest BCUT2D eigenvalue weighted by molar-refractivity contribution is 0.0133. The fourth-order valence-corrected chi connectivity index (χ4v) is 3.43. The first-order valence-corrected chi connectivity index (χ1v) is 9.70. The van der Waals surface area contributed by atoms with E-state index in [4.69, 9.17) is 9.47 Å². The highest BCUT2D eigenvalue weighted by atomic mass is 19.1. The molecule has 27 heavy (non-hydrogen) atoms. The van der Waals surface area contributed by atoms with Gasteiger partial charge in [0.15, 0.2) is 0 Å². The number of hydrogen-bond donors (Lipinski definition) is 0. The maximum absolute atomic E-state index is 13.4. The highest BCUT2D eigenvalue weighted by Gasteiger charge is 2.27. The molecule has 152 valence electrons. The molecule has 2 rings (SSSR count). The summed E-state index contributed by atoms with van der Waals surface area (Å²) < 4.78 is 24.1. The van der Waals surface area contributed by atoms with E-state index < -0.39 is 5.60 Å². The molecule has 1 heterocycles. The Hall–Kier alpha value is -1.66. The van der Waals surface area contributed by atoms with Crippen LogP contribution in [-0.2, 0) is 16.0 Å². The number of amides is 1. The van der Waals surface area contributed by atoms with Crippen LogP contribution in [0.3, 0.4) is 0 Å². The standard InChI is InChI=1S/C21H33FN2O3/c1-21(2,3)27-20(25)24(11-12-26-4)16-18-8-6-10-23(15-18)14-17-7-5-9-19(22)13-17/h5,7,9,13,18H,6,8,10-12,14-16H2,1-4H3. The van der Waals surface area contributed by atoms with Crippen LogP contribution in [0, 0.1) is 11.7 Å². The van der Waals surface area contributed by atoms with Crippen LogP contribution in [0.5, 0.6) is 0 Å². The Bertz CT molecular complexity index is 603. The van der Waals surface area contributed by atoms with Gasteiger partial charge in [-0.05, 0) is 63.8 Å². The van der Waals surface area contributed by atoms with Gasteiger partial charge in [0.05, 0.1) is 6.61 Å². The van der Waals surface area contributed by atoms with Crippen molar-refractivity contribution in [3.8, 4) is 0 Å². The molecular formula is C21H33FN2O3. The van der Waals surface area contributed by atoms with E-state index in [9.17, 15) is 9.18 Å². The van der Waals surface area contributed by atoms with Gasteiger partial charge in [0.2, 0.25) is 0 Å². The van der Waals surface area contributed by atoms with Crippen molar-refractivity contribution in [2.24, 2.45) is 5.92 Å². The van der Waals surface area contributed by atoms with Crippen molar-refractivity contribution in [1.29, 1.82) is 0 Å². The number of ether oxygens (including phenoxy) is 2. The average molecular weight is 381 g/mol. The van der Waals surface area contributed by atoms with Crippen molar-refractivity contribution in [2.45, 2.75) is 45.8 Å². The number of rotatable bonds is 7. The Morgan fingerprint density at radius 1 is 1.37 bits per heavy atom. The quantitative estimate of drug-likeness (QED) is 0.719. The molecule has 0 saturated carbocycles. The Kier molecular flexibility index (Phi) is 8.05. The van der Waals surface area contributed by atoms with E-state index in [0.717, 1.165) is 38.0 Å². The van der Waals surface area contributed by atoms with Crippen molar-refractivity contribution in [3.63, 3.8) is 0 Å². The number of nitrogens with zero attached hydrogens (tertiary/aromatic N) is 2. The van der Waals surface area contributed by atoms with Gasteiger partial charge in [0, 0.05) is 33.3 Å². The third-order valence-electron chi connectivity index (χ3n) is 4.59. The summed E-state index contributed by atoms with van der Waals surface area (Å²) in [4.78, 5) is 16.6. The van der Waals surface area contributed by atoms with Crippen molar-refractivity contribution in [3.05, 3.63) is 35.6 Å². The highest BCUT2D eigenvalue weighted by Crippen LogP contribution is 2.21. The average Bonchev–Trinajstić information content (AvgIpc) is 2.57. The highest BCUT2D eigenvalue weighted by molar-refractivity contribution is 5.68. The minimum atomic E-state index is -0.515. The van der Waals surface area contributed by atoms with Crippen LogP contribution in [0.2, 0.25) is 0 Å². The second-order valence-corrected chi connectivity index (χ2v) is 8.29. The van der Waals surface area contributed by atoms with Crippen LogP contribution in [0.1, 0.15) is 39.2 Å². The van der Waals surface area contributed by atoms with Crippen LogP contribution in [0.15, 0.2) is 24.3 Å². The topological polar surface area (TPSA) is 42.0 Å². The Morgan fingerprint density at radius 2 is 2.15 bits per heavy atom. The molecule has 0 bridgehead atoms. The fraction of sp³-hybridized carbons (Fsp3) is 0.667. The zero-order valence-electron chi connectivity index (χ0n) is 17.0. The predicted octanol–water partition coefficient (Wildman–Crippen LogP) is 3.92. The molecule has 1 aromatic rings. The number of piperidine rings is 1. The zero-order valence-corrected chi connectivity index (χ0v) is 17.0. The summed E-state index contributed by atoms with van der Waals surface area (Å²) in [7, 11) is 1.63. The molecular weight excluding hydrogens is 347 g/mol. The van der Waals surface area contributed by atoms with Crippen molar-refractivity contribution in [2.75, 3.05) is 39.9 Å². The molecule has 1 amide bonds. The molecule has 6 heteroatoms. The Balaban J connectivity index is 1.94. The van der Waals surface area contributed by atoms with E-state index in [-0.39, 0.29) is 11.9 Å². The lowest BCUT2D eigenvalue weighted by Gasteiger charge is -2.36. The molecule has 1 atom stereocenters. The molecule has 1 saturated heterocycles. The second kappa shape index (κ2) is 10.0. The molecule has 0 N–H and O–H groups in total. The van der Waals surface area contributed by atoms with E-state index in [1.54, 1.807) is 24.1 Å². The van der Waals surface area contributed by atoms with Crippen molar-refractivity contribution < 1.29 is 18.7 Å². The van der Waals surface area contributed by atoms with Gasteiger partial charge in [-0.15, -0.1) is 0 Å². The first-order chi connectivity index (χ1) is 12.8.